The standard InChI is InChI=1S/C20H21FN2O/c1-13-18(17-6-4-5-7-19(17)22-13)12-20(24)23(3)14(2)15-8-10-16(21)11-9-15/h4-11,14,22H,12H2,1-3H3. The van der Waals surface area contributed by atoms with Gasteiger partial charge in [0.25, 0.3) is 0 Å². The number of fused-ring (bicyclic) bond motifs is 1. The minimum Gasteiger partial charge on any atom is -0.358 e. The maximum atomic E-state index is 13.1. The molecule has 124 valence electrons. The highest BCUT2D eigenvalue weighted by Gasteiger charge is 2.20. The van der Waals surface area contributed by atoms with E-state index in [1.165, 1.54) is 12.1 Å². The van der Waals surface area contributed by atoms with Gasteiger partial charge in [0, 0.05) is 23.6 Å². The van der Waals surface area contributed by atoms with Gasteiger partial charge in [0.05, 0.1) is 12.5 Å². The Morgan fingerprint density at radius 2 is 1.83 bits per heavy atom. The molecule has 1 unspecified atom stereocenters. The van der Waals surface area contributed by atoms with Crippen LogP contribution in [0.1, 0.15) is 29.8 Å². The third-order valence-corrected chi connectivity index (χ3v) is 4.68. The number of aromatic amines is 1. The van der Waals surface area contributed by atoms with E-state index in [0.717, 1.165) is 27.7 Å². The first-order valence-electron chi connectivity index (χ1n) is 8.04. The third kappa shape index (κ3) is 3.04. The first-order chi connectivity index (χ1) is 11.5. The number of halogens is 1. The Morgan fingerprint density at radius 1 is 1.17 bits per heavy atom. The lowest BCUT2D eigenvalue weighted by atomic mass is 10.0. The lowest BCUT2D eigenvalue weighted by Gasteiger charge is -2.25. The fourth-order valence-electron chi connectivity index (χ4n) is 3.02. The van der Waals surface area contributed by atoms with E-state index in [4.69, 9.17) is 0 Å². The van der Waals surface area contributed by atoms with Crippen LogP contribution in [0.3, 0.4) is 0 Å². The van der Waals surface area contributed by atoms with Crippen LogP contribution < -0.4 is 0 Å². The predicted octanol–water partition coefficient (Wildman–Crippen LogP) is 4.38. The van der Waals surface area contributed by atoms with Gasteiger partial charge in [0.1, 0.15) is 5.82 Å². The highest BCUT2D eigenvalue weighted by molar-refractivity contribution is 5.90. The fourth-order valence-corrected chi connectivity index (χ4v) is 3.02. The van der Waals surface area contributed by atoms with E-state index in [0.29, 0.717) is 6.42 Å². The number of para-hydroxylation sites is 1. The van der Waals surface area contributed by atoms with Crippen molar-refractivity contribution in [3.05, 3.63) is 71.2 Å². The average Bonchev–Trinajstić information content (AvgIpc) is 2.90. The lowest BCUT2D eigenvalue weighted by Crippen LogP contribution is -2.31. The molecular weight excluding hydrogens is 303 g/mol. The highest BCUT2D eigenvalue weighted by Crippen LogP contribution is 2.25. The summed E-state index contributed by atoms with van der Waals surface area (Å²) in [7, 11) is 1.79. The van der Waals surface area contributed by atoms with Gasteiger partial charge in [-0.05, 0) is 43.2 Å². The molecule has 3 aromatic rings. The Labute approximate surface area is 141 Å². The minimum atomic E-state index is -0.269. The quantitative estimate of drug-likeness (QED) is 0.760. The summed E-state index contributed by atoms with van der Waals surface area (Å²) in [5.41, 5.74) is 4.02. The van der Waals surface area contributed by atoms with Crippen molar-refractivity contribution in [2.24, 2.45) is 0 Å². The minimum absolute atomic E-state index is 0.0414. The maximum absolute atomic E-state index is 13.1. The summed E-state index contributed by atoms with van der Waals surface area (Å²) < 4.78 is 13.1. The van der Waals surface area contributed by atoms with Crippen molar-refractivity contribution in [1.29, 1.82) is 0 Å². The molecule has 0 aliphatic heterocycles. The van der Waals surface area contributed by atoms with Gasteiger partial charge in [0.2, 0.25) is 5.91 Å². The second-order valence-corrected chi connectivity index (χ2v) is 6.18. The van der Waals surface area contributed by atoms with Gasteiger partial charge in [-0.25, -0.2) is 4.39 Å². The molecule has 0 spiro atoms. The summed E-state index contributed by atoms with van der Waals surface area (Å²) in [6, 6.07) is 14.2. The number of carbonyl (C=O) groups is 1. The number of hydrogen-bond donors (Lipinski definition) is 1. The van der Waals surface area contributed by atoms with Crippen molar-refractivity contribution >= 4 is 16.8 Å². The molecule has 0 aliphatic carbocycles. The van der Waals surface area contributed by atoms with Crippen molar-refractivity contribution in [2.75, 3.05) is 7.05 Å². The van der Waals surface area contributed by atoms with Crippen molar-refractivity contribution in [1.82, 2.24) is 9.88 Å². The molecule has 4 heteroatoms. The molecule has 1 heterocycles. The second kappa shape index (κ2) is 6.48. The van der Waals surface area contributed by atoms with Crippen LogP contribution in [0, 0.1) is 12.7 Å². The SMILES string of the molecule is Cc1[nH]c2ccccc2c1CC(=O)N(C)C(C)c1ccc(F)cc1. The number of carbonyl (C=O) groups excluding carboxylic acids is 1. The fraction of sp³-hybridized carbons (Fsp3) is 0.250. The van der Waals surface area contributed by atoms with Crippen LogP contribution in [-0.4, -0.2) is 22.8 Å². The number of amides is 1. The van der Waals surface area contributed by atoms with Gasteiger partial charge in [-0.15, -0.1) is 0 Å². The van der Waals surface area contributed by atoms with Gasteiger partial charge in [-0.2, -0.15) is 0 Å². The summed E-state index contributed by atoms with van der Waals surface area (Å²) in [6.07, 6.45) is 0.345. The van der Waals surface area contributed by atoms with Crippen molar-refractivity contribution in [2.45, 2.75) is 26.3 Å². The van der Waals surface area contributed by atoms with Gasteiger partial charge in [-0.1, -0.05) is 30.3 Å². The molecule has 3 nitrogen and oxygen atoms in total. The summed E-state index contributed by atoms with van der Waals surface area (Å²) in [5, 5.41) is 1.09. The molecule has 0 saturated carbocycles. The Balaban J connectivity index is 1.80. The molecule has 24 heavy (non-hydrogen) atoms. The topological polar surface area (TPSA) is 36.1 Å². The Bertz CT molecular complexity index is 867. The molecule has 1 N–H and O–H groups in total. The van der Waals surface area contributed by atoms with Gasteiger partial charge in [-0.3, -0.25) is 4.79 Å². The maximum Gasteiger partial charge on any atom is 0.227 e. The van der Waals surface area contributed by atoms with Gasteiger partial charge >= 0.3 is 0 Å². The zero-order valence-corrected chi connectivity index (χ0v) is 14.1. The van der Waals surface area contributed by atoms with E-state index in [-0.39, 0.29) is 17.8 Å². The molecule has 0 fully saturated rings. The third-order valence-electron chi connectivity index (χ3n) is 4.68. The number of nitrogens with one attached hydrogen (secondary N) is 1. The highest BCUT2D eigenvalue weighted by atomic mass is 19.1. The molecule has 3 rings (SSSR count). The van der Waals surface area contributed by atoms with Crippen LogP contribution in [0.2, 0.25) is 0 Å². The van der Waals surface area contributed by atoms with Crippen molar-refractivity contribution in [3.8, 4) is 0 Å². The number of nitrogens with zero attached hydrogens (tertiary/aromatic N) is 1. The molecule has 0 radical (unpaired) electrons. The molecule has 0 aliphatic rings. The van der Waals surface area contributed by atoms with Crippen molar-refractivity contribution in [3.63, 3.8) is 0 Å². The average molecular weight is 324 g/mol. The monoisotopic (exact) mass is 324 g/mol. The van der Waals surface area contributed by atoms with E-state index in [2.05, 4.69) is 4.98 Å². The van der Waals surface area contributed by atoms with E-state index in [1.54, 1.807) is 24.1 Å². The molecule has 0 saturated heterocycles. The number of rotatable bonds is 4. The molecule has 1 amide bonds. The first-order valence-corrected chi connectivity index (χ1v) is 8.04. The zero-order chi connectivity index (χ0) is 17.3. The molecular formula is C20H21FN2O. The van der Waals surface area contributed by atoms with Crippen LogP contribution >= 0.6 is 0 Å². The van der Waals surface area contributed by atoms with Gasteiger partial charge < -0.3 is 9.88 Å². The molecule has 1 aromatic heterocycles. The number of likely N-dealkylation sites (N-methyl/N-ethyl adjacent to an activating group) is 1. The Morgan fingerprint density at radius 3 is 2.54 bits per heavy atom. The number of aromatic nitrogens is 1. The van der Waals surface area contributed by atoms with Crippen LogP contribution in [0.4, 0.5) is 4.39 Å². The number of aryl methyl sites for hydroxylation is 1. The summed E-state index contributed by atoms with van der Waals surface area (Å²) in [4.78, 5) is 17.8. The van der Waals surface area contributed by atoms with Crippen molar-refractivity contribution < 1.29 is 9.18 Å². The first kappa shape index (κ1) is 16.2. The van der Waals surface area contributed by atoms with E-state index in [1.807, 2.05) is 38.1 Å². The second-order valence-electron chi connectivity index (χ2n) is 6.18. The number of benzene rings is 2. The zero-order valence-electron chi connectivity index (χ0n) is 14.1. The summed E-state index contributed by atoms with van der Waals surface area (Å²) in [5.74, 6) is -0.228. The van der Waals surface area contributed by atoms with E-state index < -0.39 is 0 Å². The van der Waals surface area contributed by atoms with Crippen LogP contribution in [0.5, 0.6) is 0 Å². The van der Waals surface area contributed by atoms with Gasteiger partial charge in [0.15, 0.2) is 0 Å². The largest absolute Gasteiger partial charge is 0.358 e. The predicted molar refractivity (Wildman–Crippen MR) is 94.3 cm³/mol. The Kier molecular flexibility index (Phi) is 4.38. The lowest BCUT2D eigenvalue weighted by molar-refractivity contribution is -0.131. The smallest absolute Gasteiger partial charge is 0.227 e. The normalized spacial score (nSPS) is 12.3. The number of hydrogen-bond acceptors (Lipinski definition) is 1. The summed E-state index contributed by atoms with van der Waals surface area (Å²) >= 11 is 0. The van der Waals surface area contributed by atoms with Crippen LogP contribution in [-0.2, 0) is 11.2 Å². The van der Waals surface area contributed by atoms with Crippen LogP contribution in [0.15, 0.2) is 48.5 Å². The summed E-state index contributed by atoms with van der Waals surface area (Å²) in [6.45, 7) is 3.94. The molecule has 2 aromatic carbocycles. The molecule has 0 bridgehead atoms. The Hall–Kier alpha value is -2.62. The number of H-pyrrole nitrogens is 1. The van der Waals surface area contributed by atoms with E-state index in [9.17, 15) is 9.18 Å². The van der Waals surface area contributed by atoms with E-state index >= 15 is 0 Å². The molecule has 1 atom stereocenters. The van der Waals surface area contributed by atoms with Crippen LogP contribution in [0.25, 0.3) is 10.9 Å².